The van der Waals surface area contributed by atoms with Gasteiger partial charge in [-0.05, 0) is 61.7 Å². The highest BCUT2D eigenvalue weighted by atomic mass is 16.3. The fourth-order valence-corrected chi connectivity index (χ4v) is 5.12. The number of aliphatic hydroxyl groups excluding tert-OH is 2. The summed E-state index contributed by atoms with van der Waals surface area (Å²) in [5.41, 5.74) is 0.219. The monoisotopic (exact) mass is 239 g/mol. The van der Waals surface area contributed by atoms with Crippen molar-refractivity contribution in [1.29, 1.82) is 0 Å². The first-order chi connectivity index (χ1) is 8.22. The van der Waals surface area contributed by atoms with E-state index >= 15 is 0 Å². The van der Waals surface area contributed by atoms with Gasteiger partial charge in [0.25, 0.3) is 0 Å². The molecule has 0 aromatic heterocycles. The van der Waals surface area contributed by atoms with Gasteiger partial charge in [0.15, 0.2) is 0 Å². The van der Waals surface area contributed by atoms with Crippen LogP contribution in [-0.2, 0) is 0 Å². The Bertz CT molecular complexity index is 244. The number of rotatable bonds is 5. The van der Waals surface area contributed by atoms with Crippen LogP contribution < -0.4 is 5.32 Å². The minimum atomic E-state index is -0.206. The molecule has 4 saturated carbocycles. The molecule has 17 heavy (non-hydrogen) atoms. The van der Waals surface area contributed by atoms with Crippen LogP contribution in [0, 0.1) is 23.2 Å². The maximum Gasteiger partial charge on any atom is 0.0721 e. The zero-order valence-electron chi connectivity index (χ0n) is 10.6. The van der Waals surface area contributed by atoms with E-state index in [-0.39, 0.29) is 18.1 Å². The lowest BCUT2D eigenvalue weighted by atomic mass is 9.48. The van der Waals surface area contributed by atoms with Crippen LogP contribution in [0.4, 0.5) is 0 Å². The van der Waals surface area contributed by atoms with Crippen molar-refractivity contribution < 1.29 is 10.2 Å². The second-order valence-electron chi connectivity index (χ2n) is 6.72. The van der Waals surface area contributed by atoms with Crippen molar-refractivity contribution in [2.75, 3.05) is 19.7 Å². The summed E-state index contributed by atoms with van der Waals surface area (Å²) in [5, 5.41) is 22.4. The Labute approximate surface area is 104 Å². The first-order valence-corrected chi connectivity index (χ1v) is 7.21. The van der Waals surface area contributed by atoms with Gasteiger partial charge in [-0.2, -0.15) is 0 Å². The summed E-state index contributed by atoms with van der Waals surface area (Å²) in [4.78, 5) is 0. The Morgan fingerprint density at radius 3 is 2.06 bits per heavy atom. The maximum atomic E-state index is 10.5. The molecule has 3 nitrogen and oxygen atoms in total. The molecule has 0 saturated heterocycles. The van der Waals surface area contributed by atoms with Gasteiger partial charge in [0, 0.05) is 13.1 Å². The Hall–Kier alpha value is -0.120. The summed E-state index contributed by atoms with van der Waals surface area (Å²) < 4.78 is 0. The summed E-state index contributed by atoms with van der Waals surface area (Å²) in [6, 6.07) is 0. The van der Waals surface area contributed by atoms with Gasteiger partial charge in [0.1, 0.15) is 0 Å². The van der Waals surface area contributed by atoms with Crippen molar-refractivity contribution in [3.05, 3.63) is 0 Å². The largest absolute Gasteiger partial charge is 0.395 e. The van der Waals surface area contributed by atoms with E-state index in [9.17, 15) is 5.11 Å². The van der Waals surface area contributed by atoms with Crippen LogP contribution in [0.1, 0.15) is 38.5 Å². The van der Waals surface area contributed by atoms with Gasteiger partial charge in [-0.15, -0.1) is 0 Å². The van der Waals surface area contributed by atoms with Crippen LogP contribution in [0.2, 0.25) is 0 Å². The van der Waals surface area contributed by atoms with Crippen molar-refractivity contribution in [1.82, 2.24) is 5.32 Å². The van der Waals surface area contributed by atoms with E-state index in [4.69, 9.17) is 5.11 Å². The quantitative estimate of drug-likeness (QED) is 0.631. The molecule has 0 heterocycles. The number of hydrogen-bond donors (Lipinski definition) is 3. The predicted molar refractivity (Wildman–Crippen MR) is 66.6 cm³/mol. The standard InChI is InChI=1S/C14H25NO2/c16-2-1-15-9-13(17)14-6-10-3-11(7-14)5-12(4-10)8-14/h10-13,15-17H,1-9H2. The number of nitrogens with one attached hydrogen (secondary N) is 1. The molecule has 0 aromatic carbocycles. The van der Waals surface area contributed by atoms with Crippen LogP contribution in [0.5, 0.6) is 0 Å². The Morgan fingerprint density at radius 1 is 1.06 bits per heavy atom. The third-order valence-corrected chi connectivity index (χ3v) is 5.42. The van der Waals surface area contributed by atoms with Crippen molar-refractivity contribution in [3.63, 3.8) is 0 Å². The molecular formula is C14H25NO2. The topological polar surface area (TPSA) is 52.5 Å². The normalized spacial score (nSPS) is 45.2. The molecule has 0 spiro atoms. The minimum Gasteiger partial charge on any atom is -0.395 e. The molecule has 0 aromatic rings. The van der Waals surface area contributed by atoms with Crippen molar-refractivity contribution >= 4 is 0 Å². The maximum absolute atomic E-state index is 10.5. The van der Waals surface area contributed by atoms with E-state index in [1.165, 1.54) is 38.5 Å². The SMILES string of the molecule is OCCNCC(O)C12CC3CC(CC(C3)C1)C2. The fraction of sp³-hybridized carbons (Fsp3) is 1.00. The Balaban J connectivity index is 1.64. The molecule has 3 N–H and O–H groups in total. The van der Waals surface area contributed by atoms with Gasteiger partial charge in [-0.25, -0.2) is 0 Å². The minimum absolute atomic E-state index is 0.160. The highest BCUT2D eigenvalue weighted by Gasteiger charge is 2.53. The average Bonchev–Trinajstić information content (AvgIpc) is 2.27. The van der Waals surface area contributed by atoms with Gasteiger partial charge in [-0.3, -0.25) is 0 Å². The molecule has 4 bridgehead atoms. The summed E-state index contributed by atoms with van der Waals surface area (Å²) in [6.45, 7) is 1.42. The van der Waals surface area contributed by atoms with Crippen LogP contribution in [0.15, 0.2) is 0 Å². The predicted octanol–water partition coefficient (Wildman–Crippen LogP) is 1.15. The fourth-order valence-electron chi connectivity index (χ4n) is 5.12. The highest BCUT2D eigenvalue weighted by molar-refractivity contribution is 5.04. The summed E-state index contributed by atoms with van der Waals surface area (Å²) in [7, 11) is 0. The lowest BCUT2D eigenvalue weighted by molar-refractivity contribution is -0.118. The van der Waals surface area contributed by atoms with Crippen LogP contribution in [-0.4, -0.2) is 36.0 Å². The lowest BCUT2D eigenvalue weighted by Crippen LogP contribution is -2.54. The molecule has 0 amide bonds. The van der Waals surface area contributed by atoms with Crippen LogP contribution >= 0.6 is 0 Å². The van der Waals surface area contributed by atoms with Gasteiger partial charge in [0.2, 0.25) is 0 Å². The summed E-state index contributed by atoms with van der Waals surface area (Å²) >= 11 is 0. The van der Waals surface area contributed by atoms with Gasteiger partial charge >= 0.3 is 0 Å². The molecule has 3 heteroatoms. The van der Waals surface area contributed by atoms with E-state index in [1.54, 1.807) is 0 Å². The van der Waals surface area contributed by atoms with E-state index in [2.05, 4.69) is 5.32 Å². The van der Waals surface area contributed by atoms with Crippen molar-refractivity contribution in [2.24, 2.45) is 23.2 Å². The summed E-state index contributed by atoms with van der Waals surface area (Å²) in [6.07, 6.45) is 7.83. The average molecular weight is 239 g/mol. The van der Waals surface area contributed by atoms with Crippen LogP contribution in [0.3, 0.4) is 0 Å². The molecule has 0 aliphatic heterocycles. The Morgan fingerprint density at radius 2 is 1.59 bits per heavy atom. The third kappa shape index (κ3) is 2.13. The molecule has 1 atom stereocenters. The van der Waals surface area contributed by atoms with Crippen molar-refractivity contribution in [2.45, 2.75) is 44.6 Å². The molecule has 1 unspecified atom stereocenters. The summed E-state index contributed by atoms with van der Waals surface area (Å²) in [5.74, 6) is 2.69. The van der Waals surface area contributed by atoms with E-state index in [1.807, 2.05) is 0 Å². The van der Waals surface area contributed by atoms with Gasteiger partial charge in [-0.1, -0.05) is 0 Å². The van der Waals surface area contributed by atoms with Gasteiger partial charge < -0.3 is 15.5 Å². The smallest absolute Gasteiger partial charge is 0.0721 e. The van der Waals surface area contributed by atoms with E-state index in [0.717, 1.165) is 17.8 Å². The molecular weight excluding hydrogens is 214 g/mol. The zero-order valence-corrected chi connectivity index (χ0v) is 10.6. The molecule has 0 radical (unpaired) electrons. The lowest BCUT2D eigenvalue weighted by Gasteiger charge is -2.58. The number of aliphatic hydroxyl groups is 2. The zero-order chi connectivity index (χ0) is 11.9. The first-order valence-electron chi connectivity index (χ1n) is 7.21. The van der Waals surface area contributed by atoms with Crippen molar-refractivity contribution in [3.8, 4) is 0 Å². The second-order valence-corrected chi connectivity index (χ2v) is 6.72. The van der Waals surface area contributed by atoms with E-state index < -0.39 is 0 Å². The molecule has 4 fully saturated rings. The number of hydrogen-bond acceptors (Lipinski definition) is 3. The molecule has 4 rings (SSSR count). The van der Waals surface area contributed by atoms with Crippen LogP contribution in [0.25, 0.3) is 0 Å². The highest BCUT2D eigenvalue weighted by Crippen LogP contribution is 2.61. The molecule has 4 aliphatic carbocycles. The second kappa shape index (κ2) is 4.52. The Kier molecular flexibility index (Phi) is 3.18. The molecule has 98 valence electrons. The first kappa shape index (κ1) is 11.9. The van der Waals surface area contributed by atoms with Gasteiger partial charge in [0.05, 0.1) is 12.7 Å². The third-order valence-electron chi connectivity index (χ3n) is 5.42. The molecule has 4 aliphatic rings. The van der Waals surface area contributed by atoms with E-state index in [0.29, 0.717) is 13.1 Å².